The Morgan fingerprint density at radius 2 is 1.71 bits per heavy atom. The molecule has 18 nitrogen and oxygen atoms in total. The van der Waals surface area contributed by atoms with Crippen LogP contribution in [0.3, 0.4) is 0 Å². The number of ether oxygens (including phenoxy) is 2. The topological polar surface area (TPSA) is 235 Å². The standard InChI is InChI=1S/C50H58N8O10S/c1-30(2)36-7-4-5-8-37(36)40-9-6-20-56(40)34-27-50(28-34)17-21-55(22-18-50)33-10-11-38(42(24-33)68-44-23-32-14-19-51-46(32)53-47(44)58(63)64)48(59)54-69(65,66)35-25-41(57(61)62)45-43(26-35)67-29-39(52-45)31-12-15-49(3,60)16-13-31/h4-5,7-8,10-11,14,19,23-26,30-31,34,39-40,52,60H,6,9,12-13,15-18,20-22,27-29H2,1-3H3,(H,51,53)(H,54,59)/t31?,39-,40-,49?/m1/s1. The fourth-order valence-corrected chi connectivity index (χ4v) is 12.7. The number of fused-ring (bicyclic) bond motifs is 2. The lowest BCUT2D eigenvalue weighted by atomic mass is 9.59. The SMILES string of the molecule is CC(C)c1ccccc1[C@H]1CCCN1C1CC2(CCN(c3ccc(C(=O)NS(=O)(=O)c4cc5c(c([N+](=O)[O-])c4)N[C@@H](C4CCC(C)(O)CC4)CO5)c(Oc4cc5cc[nH]c5nc4[N+](=O)[O-])c3)CC2)C1. The second-order valence-corrected chi connectivity index (χ2v) is 22.1. The molecular formula is C50H58N8O10S. The third kappa shape index (κ3) is 9.07. The zero-order valence-electron chi connectivity index (χ0n) is 39.0. The minimum Gasteiger partial charge on any atom is -0.489 e. The van der Waals surface area contributed by atoms with Gasteiger partial charge in [0.15, 0.2) is 11.4 Å². The molecule has 1 amide bonds. The van der Waals surface area contributed by atoms with Crippen LogP contribution in [-0.2, 0) is 10.0 Å². The smallest absolute Gasteiger partial charge is 0.409 e. The van der Waals surface area contributed by atoms with Gasteiger partial charge in [0.1, 0.15) is 12.4 Å². The Morgan fingerprint density at radius 1 is 0.957 bits per heavy atom. The Kier molecular flexibility index (Phi) is 12.0. The van der Waals surface area contributed by atoms with E-state index in [1.165, 1.54) is 36.1 Å². The number of anilines is 2. The number of carbonyl (C=O) groups excluding carboxylic acids is 1. The van der Waals surface area contributed by atoms with Crippen molar-refractivity contribution in [1.29, 1.82) is 0 Å². The van der Waals surface area contributed by atoms with Gasteiger partial charge in [-0.05, 0) is 134 Å². The summed E-state index contributed by atoms with van der Waals surface area (Å²) in [7, 11) is -4.79. The lowest BCUT2D eigenvalue weighted by Crippen LogP contribution is -2.54. The molecule has 4 N–H and O–H groups in total. The predicted molar refractivity (Wildman–Crippen MR) is 259 cm³/mol. The van der Waals surface area contributed by atoms with Crippen LogP contribution < -0.4 is 24.4 Å². The Morgan fingerprint density at radius 3 is 2.43 bits per heavy atom. The number of nitro groups is 2. The van der Waals surface area contributed by atoms with E-state index in [1.807, 2.05) is 0 Å². The van der Waals surface area contributed by atoms with Crippen LogP contribution in [0.25, 0.3) is 11.0 Å². The molecule has 5 heterocycles. The fraction of sp³-hybridized carbons (Fsp3) is 0.480. The lowest BCUT2D eigenvalue weighted by molar-refractivity contribution is -0.390. The minimum absolute atomic E-state index is 0.0315. The number of nitrogens with one attached hydrogen (secondary N) is 3. The lowest BCUT2D eigenvalue weighted by Gasteiger charge is -2.56. The van der Waals surface area contributed by atoms with E-state index in [9.17, 15) is 38.5 Å². The predicted octanol–water partition coefficient (Wildman–Crippen LogP) is 9.11. The van der Waals surface area contributed by atoms with Crippen LogP contribution in [0.2, 0.25) is 0 Å². The number of piperidine rings is 1. The number of pyridine rings is 1. The fourth-order valence-electron chi connectivity index (χ4n) is 11.7. The Bertz CT molecular complexity index is 2930. The van der Waals surface area contributed by atoms with Crippen LogP contribution in [0.1, 0.15) is 118 Å². The first-order valence-corrected chi connectivity index (χ1v) is 25.5. The molecule has 1 spiro atoms. The number of hydrogen-bond donors (Lipinski definition) is 4. The largest absolute Gasteiger partial charge is 0.489 e. The summed E-state index contributed by atoms with van der Waals surface area (Å²) in [5.74, 6) is -1.68. The molecule has 5 aliphatic rings. The number of sulfonamides is 1. The van der Waals surface area contributed by atoms with Gasteiger partial charge in [-0.3, -0.25) is 19.8 Å². The van der Waals surface area contributed by atoms with Gasteiger partial charge in [-0.1, -0.05) is 38.1 Å². The van der Waals surface area contributed by atoms with Crippen LogP contribution in [0.4, 0.5) is 22.9 Å². The normalized spacial score (nSPS) is 23.8. The Hall–Kier alpha value is -6.31. The average Bonchev–Trinajstić information content (AvgIpc) is 4.00. The molecule has 364 valence electrons. The molecule has 19 heteroatoms. The molecule has 2 aromatic heterocycles. The summed E-state index contributed by atoms with van der Waals surface area (Å²) in [6, 6.07) is 19.3. The van der Waals surface area contributed by atoms with Gasteiger partial charge in [0, 0.05) is 66.7 Å². The van der Waals surface area contributed by atoms with Crippen molar-refractivity contribution in [2.45, 2.75) is 120 Å². The molecule has 2 atom stereocenters. The minimum atomic E-state index is -4.79. The first-order valence-electron chi connectivity index (χ1n) is 24.0. The number of H-pyrrole nitrogens is 1. The maximum atomic E-state index is 14.2. The number of likely N-dealkylation sites (tertiary alicyclic amines) is 1. The van der Waals surface area contributed by atoms with Crippen molar-refractivity contribution < 1.29 is 37.6 Å². The summed E-state index contributed by atoms with van der Waals surface area (Å²) in [4.78, 5) is 48.8. The van der Waals surface area contributed by atoms with Crippen LogP contribution in [0.15, 0.2) is 77.8 Å². The van der Waals surface area contributed by atoms with Gasteiger partial charge in [0.25, 0.3) is 27.3 Å². The molecule has 2 saturated heterocycles. The number of benzene rings is 3. The number of nitro benzene ring substituents is 1. The molecule has 3 aromatic carbocycles. The average molecular weight is 963 g/mol. The van der Waals surface area contributed by atoms with Crippen molar-refractivity contribution in [3.63, 3.8) is 0 Å². The van der Waals surface area contributed by atoms with Gasteiger partial charge in [-0.15, -0.1) is 0 Å². The van der Waals surface area contributed by atoms with Gasteiger partial charge in [-0.25, -0.2) is 13.1 Å². The van der Waals surface area contributed by atoms with Gasteiger partial charge in [0.05, 0.1) is 27.0 Å². The summed E-state index contributed by atoms with van der Waals surface area (Å²) in [6.45, 7) is 8.97. The third-order valence-corrected chi connectivity index (χ3v) is 16.9. The molecule has 0 bridgehead atoms. The molecule has 5 aromatic rings. The molecule has 2 aliphatic carbocycles. The number of amides is 1. The van der Waals surface area contributed by atoms with E-state index in [0.717, 1.165) is 57.5 Å². The molecule has 10 rings (SSSR count). The van der Waals surface area contributed by atoms with Gasteiger partial charge in [-0.2, -0.15) is 0 Å². The molecule has 4 fully saturated rings. The highest BCUT2D eigenvalue weighted by Gasteiger charge is 2.50. The highest BCUT2D eigenvalue weighted by atomic mass is 32.2. The number of hydrogen-bond acceptors (Lipinski definition) is 14. The zero-order chi connectivity index (χ0) is 48.4. The summed E-state index contributed by atoms with van der Waals surface area (Å²) < 4.78 is 42.3. The number of rotatable bonds is 12. The van der Waals surface area contributed by atoms with Crippen LogP contribution in [-0.4, -0.2) is 88.1 Å². The molecule has 2 saturated carbocycles. The highest BCUT2D eigenvalue weighted by molar-refractivity contribution is 7.90. The van der Waals surface area contributed by atoms with Crippen molar-refractivity contribution in [3.05, 3.63) is 110 Å². The second-order valence-electron chi connectivity index (χ2n) is 20.4. The second kappa shape index (κ2) is 17.9. The number of aliphatic hydroxyl groups is 1. The number of aromatic nitrogens is 2. The van der Waals surface area contributed by atoms with E-state index in [0.29, 0.717) is 54.8 Å². The number of aromatic amines is 1. The van der Waals surface area contributed by atoms with Crippen molar-refractivity contribution in [3.8, 4) is 17.2 Å². The first kappa shape index (κ1) is 46.4. The summed E-state index contributed by atoms with van der Waals surface area (Å²) >= 11 is 0. The molecule has 69 heavy (non-hydrogen) atoms. The number of carbonyl (C=O) groups is 1. The first-order chi connectivity index (χ1) is 33.0. The van der Waals surface area contributed by atoms with Gasteiger partial charge < -0.3 is 39.9 Å². The highest BCUT2D eigenvalue weighted by Crippen LogP contribution is 2.54. The van der Waals surface area contributed by atoms with E-state index < -0.39 is 47.8 Å². The van der Waals surface area contributed by atoms with E-state index in [4.69, 9.17) is 9.47 Å². The quantitative estimate of drug-likeness (QED) is 0.0674. The molecule has 0 radical (unpaired) electrons. The third-order valence-electron chi connectivity index (χ3n) is 15.6. The maximum Gasteiger partial charge on any atom is 0.409 e. The van der Waals surface area contributed by atoms with Gasteiger partial charge >= 0.3 is 5.82 Å². The molecule has 3 aliphatic heterocycles. The zero-order valence-corrected chi connectivity index (χ0v) is 39.8. The maximum absolute atomic E-state index is 14.2. The van der Waals surface area contributed by atoms with Crippen LogP contribution >= 0.6 is 0 Å². The van der Waals surface area contributed by atoms with E-state index in [1.54, 1.807) is 31.3 Å². The monoisotopic (exact) mass is 962 g/mol. The van der Waals surface area contributed by atoms with E-state index >= 15 is 0 Å². The summed E-state index contributed by atoms with van der Waals surface area (Å²) in [5, 5.41) is 38.9. The van der Waals surface area contributed by atoms with Crippen LogP contribution in [0.5, 0.6) is 17.2 Å². The Balaban J connectivity index is 0.885. The van der Waals surface area contributed by atoms with Crippen LogP contribution in [0, 0.1) is 31.6 Å². The summed E-state index contributed by atoms with van der Waals surface area (Å²) in [5.41, 5.74) is 2.50. The van der Waals surface area contributed by atoms with Crippen molar-refractivity contribution in [2.24, 2.45) is 11.3 Å². The van der Waals surface area contributed by atoms with E-state index in [-0.39, 0.29) is 58.1 Å². The van der Waals surface area contributed by atoms with Crippen molar-refractivity contribution >= 4 is 49.8 Å². The van der Waals surface area contributed by atoms with Crippen molar-refractivity contribution in [2.75, 3.05) is 36.5 Å². The van der Waals surface area contributed by atoms with Gasteiger partial charge in [0.2, 0.25) is 5.75 Å². The van der Waals surface area contributed by atoms with Crippen molar-refractivity contribution in [1.82, 2.24) is 19.6 Å². The molecular weight excluding hydrogens is 905 g/mol. The van der Waals surface area contributed by atoms with E-state index in [2.05, 4.69) is 67.9 Å². The Labute approximate surface area is 400 Å². The number of nitrogens with zero attached hydrogens (tertiary/aromatic N) is 5. The molecule has 0 unspecified atom stereocenters. The summed E-state index contributed by atoms with van der Waals surface area (Å²) in [6.07, 6.45) is 10.6.